The Morgan fingerprint density at radius 2 is 1.97 bits per heavy atom. The Labute approximate surface area is 178 Å². The molecule has 1 aliphatic heterocycles. The SMILES string of the molecule is [C-]#[N+]c1ccc(O[C@H]2CN(S(=O)(=O)c3ccc(C#C)cc3[N+]#[C-])C[C@@]2(O)CO)cc1F. The van der Waals surface area contributed by atoms with Crippen molar-refractivity contribution < 1.29 is 27.8 Å². The van der Waals surface area contributed by atoms with E-state index in [1.54, 1.807) is 0 Å². The van der Waals surface area contributed by atoms with E-state index in [0.29, 0.717) is 5.56 Å². The van der Waals surface area contributed by atoms with Crippen LogP contribution in [0.1, 0.15) is 5.56 Å². The Morgan fingerprint density at radius 3 is 2.55 bits per heavy atom. The molecule has 1 saturated heterocycles. The summed E-state index contributed by atoms with van der Waals surface area (Å²) in [5, 5.41) is 20.5. The monoisotopic (exact) mass is 441 g/mol. The molecule has 2 N–H and O–H groups in total. The summed E-state index contributed by atoms with van der Waals surface area (Å²) < 4.78 is 46.6. The molecule has 0 saturated carbocycles. The quantitative estimate of drug-likeness (QED) is 0.547. The highest BCUT2D eigenvalue weighted by Crippen LogP contribution is 2.35. The fourth-order valence-corrected chi connectivity index (χ4v) is 4.79. The fourth-order valence-electron chi connectivity index (χ4n) is 3.18. The smallest absolute Gasteiger partial charge is 0.233 e. The van der Waals surface area contributed by atoms with E-state index in [2.05, 4.69) is 15.6 Å². The molecule has 0 amide bonds. The van der Waals surface area contributed by atoms with E-state index in [1.807, 2.05) is 0 Å². The van der Waals surface area contributed by atoms with Gasteiger partial charge in [0.05, 0.1) is 31.2 Å². The predicted molar refractivity (Wildman–Crippen MR) is 109 cm³/mol. The highest BCUT2D eigenvalue weighted by atomic mass is 32.2. The van der Waals surface area contributed by atoms with Crippen LogP contribution in [0.25, 0.3) is 9.69 Å². The van der Waals surface area contributed by atoms with Gasteiger partial charge in [0.15, 0.2) is 0 Å². The number of rotatable bonds is 5. The van der Waals surface area contributed by atoms with E-state index >= 15 is 0 Å². The van der Waals surface area contributed by atoms with Gasteiger partial charge in [-0.25, -0.2) is 22.5 Å². The number of hydrogen-bond donors (Lipinski definition) is 2. The third-order valence-electron chi connectivity index (χ3n) is 4.87. The molecule has 1 aliphatic rings. The van der Waals surface area contributed by atoms with Crippen LogP contribution in [0.5, 0.6) is 5.75 Å². The molecule has 0 spiro atoms. The average molecular weight is 441 g/mol. The standard InChI is InChI=1S/C21H16FN3O5S/c1-4-14-5-8-19(18(9-14)24-3)31(28,29)25-11-20(21(27,12-25)13-26)30-15-6-7-17(23-2)16(22)10-15/h1,5-10,20,26-27H,11-13H2/t20-,21+/m0/s1. The molecule has 31 heavy (non-hydrogen) atoms. The van der Waals surface area contributed by atoms with Crippen LogP contribution in [0.2, 0.25) is 0 Å². The molecule has 0 bridgehead atoms. The van der Waals surface area contributed by atoms with Crippen molar-refractivity contribution in [3.05, 3.63) is 70.6 Å². The number of ether oxygens (including phenoxy) is 1. The third kappa shape index (κ3) is 4.09. The van der Waals surface area contributed by atoms with E-state index in [-0.39, 0.29) is 28.6 Å². The van der Waals surface area contributed by atoms with Gasteiger partial charge in [0, 0.05) is 18.2 Å². The number of nitrogens with zero attached hydrogens (tertiary/aromatic N) is 3. The molecule has 0 aromatic heterocycles. The zero-order valence-electron chi connectivity index (χ0n) is 16.0. The van der Waals surface area contributed by atoms with Crippen LogP contribution in [0.3, 0.4) is 0 Å². The Balaban J connectivity index is 1.93. The molecule has 3 rings (SSSR count). The van der Waals surface area contributed by atoms with Gasteiger partial charge in [-0.2, -0.15) is 4.31 Å². The number of hydrogen-bond acceptors (Lipinski definition) is 5. The highest BCUT2D eigenvalue weighted by Gasteiger charge is 2.51. The van der Waals surface area contributed by atoms with E-state index < -0.39 is 40.7 Å². The maximum atomic E-state index is 13.9. The van der Waals surface area contributed by atoms with Crippen molar-refractivity contribution >= 4 is 21.4 Å². The first-order valence-corrected chi connectivity index (χ1v) is 10.3. The molecule has 158 valence electrons. The van der Waals surface area contributed by atoms with Crippen LogP contribution in [-0.4, -0.2) is 54.3 Å². The van der Waals surface area contributed by atoms with Gasteiger partial charge in [-0.1, -0.05) is 12.0 Å². The third-order valence-corrected chi connectivity index (χ3v) is 6.73. The Kier molecular flexibility index (Phi) is 5.99. The van der Waals surface area contributed by atoms with Gasteiger partial charge in [0.1, 0.15) is 23.3 Å². The van der Waals surface area contributed by atoms with Gasteiger partial charge in [0.2, 0.25) is 21.4 Å². The molecule has 0 unspecified atom stereocenters. The van der Waals surface area contributed by atoms with Crippen LogP contribution >= 0.6 is 0 Å². The van der Waals surface area contributed by atoms with Crippen molar-refractivity contribution in [1.29, 1.82) is 0 Å². The largest absolute Gasteiger partial charge is 0.486 e. The minimum atomic E-state index is -4.25. The lowest BCUT2D eigenvalue weighted by atomic mass is 10.0. The highest BCUT2D eigenvalue weighted by molar-refractivity contribution is 7.89. The first-order chi connectivity index (χ1) is 14.7. The summed E-state index contributed by atoms with van der Waals surface area (Å²) in [6.07, 6.45) is 4.07. The summed E-state index contributed by atoms with van der Waals surface area (Å²) in [6, 6.07) is 7.30. The minimum absolute atomic E-state index is 0.0405. The second-order valence-electron chi connectivity index (χ2n) is 6.83. The Hall–Kier alpha value is -3.46. The van der Waals surface area contributed by atoms with Crippen LogP contribution in [0, 0.1) is 31.3 Å². The van der Waals surface area contributed by atoms with Crippen molar-refractivity contribution in [2.75, 3.05) is 19.7 Å². The lowest BCUT2D eigenvalue weighted by Gasteiger charge is -2.27. The van der Waals surface area contributed by atoms with Crippen molar-refractivity contribution in [3.63, 3.8) is 0 Å². The zero-order valence-corrected chi connectivity index (χ0v) is 16.8. The number of sulfonamides is 1. The molecule has 2 aromatic carbocycles. The molecule has 0 aliphatic carbocycles. The van der Waals surface area contributed by atoms with Gasteiger partial charge in [-0.05, 0) is 24.3 Å². The number of terminal acetylenes is 1. The second-order valence-corrected chi connectivity index (χ2v) is 8.74. The molecule has 10 heteroatoms. The Morgan fingerprint density at radius 1 is 1.26 bits per heavy atom. The van der Waals surface area contributed by atoms with Gasteiger partial charge < -0.3 is 14.9 Å². The fraction of sp³-hybridized carbons (Fsp3) is 0.238. The molecule has 1 heterocycles. The van der Waals surface area contributed by atoms with E-state index in [1.165, 1.54) is 30.3 Å². The van der Waals surface area contributed by atoms with Crippen molar-refractivity contribution in [2.24, 2.45) is 0 Å². The van der Waals surface area contributed by atoms with Gasteiger partial charge >= 0.3 is 0 Å². The van der Waals surface area contributed by atoms with Gasteiger partial charge in [-0.15, -0.1) is 6.42 Å². The molecule has 2 atom stereocenters. The molecular weight excluding hydrogens is 425 g/mol. The average Bonchev–Trinajstić information content (AvgIpc) is 3.11. The van der Waals surface area contributed by atoms with Crippen LogP contribution < -0.4 is 4.74 Å². The summed E-state index contributed by atoms with van der Waals surface area (Å²) in [7, 11) is -4.25. The number of aliphatic hydroxyl groups is 2. The van der Waals surface area contributed by atoms with Crippen LogP contribution in [0.4, 0.5) is 15.8 Å². The first kappa shape index (κ1) is 22.2. The maximum absolute atomic E-state index is 13.9. The molecule has 2 aromatic rings. The van der Waals surface area contributed by atoms with Crippen LogP contribution in [0.15, 0.2) is 41.3 Å². The zero-order chi connectivity index (χ0) is 22.8. The lowest BCUT2D eigenvalue weighted by molar-refractivity contribution is -0.0641. The lowest BCUT2D eigenvalue weighted by Crippen LogP contribution is -2.48. The molecule has 1 fully saturated rings. The number of halogens is 1. The van der Waals surface area contributed by atoms with E-state index in [0.717, 1.165) is 10.4 Å². The topological polar surface area (TPSA) is 95.8 Å². The van der Waals surface area contributed by atoms with Crippen molar-refractivity contribution in [2.45, 2.75) is 16.6 Å². The molecule has 0 radical (unpaired) electrons. The second kappa shape index (κ2) is 8.35. The maximum Gasteiger partial charge on any atom is 0.233 e. The first-order valence-electron chi connectivity index (χ1n) is 8.83. The van der Waals surface area contributed by atoms with Gasteiger partial charge in [-0.3, -0.25) is 0 Å². The van der Waals surface area contributed by atoms with E-state index in [4.69, 9.17) is 24.3 Å². The summed E-state index contributed by atoms with van der Waals surface area (Å²) in [5.41, 5.74) is -2.03. The summed E-state index contributed by atoms with van der Waals surface area (Å²) >= 11 is 0. The number of aliphatic hydroxyl groups excluding tert-OH is 1. The minimum Gasteiger partial charge on any atom is -0.486 e. The Bertz CT molecular complexity index is 1260. The predicted octanol–water partition coefficient (Wildman–Crippen LogP) is 2.08. The summed E-state index contributed by atoms with van der Waals surface area (Å²) in [5.74, 6) is 1.45. The summed E-state index contributed by atoms with van der Waals surface area (Å²) in [6.45, 7) is 12.4. The van der Waals surface area contributed by atoms with Crippen molar-refractivity contribution in [3.8, 4) is 18.1 Å². The number of benzene rings is 2. The van der Waals surface area contributed by atoms with Crippen molar-refractivity contribution in [1.82, 2.24) is 4.31 Å². The van der Waals surface area contributed by atoms with Crippen LogP contribution in [-0.2, 0) is 10.0 Å². The normalized spacial score (nSPS) is 21.1. The summed E-state index contributed by atoms with van der Waals surface area (Å²) in [4.78, 5) is 5.93. The van der Waals surface area contributed by atoms with Gasteiger partial charge in [0.25, 0.3) is 0 Å². The van der Waals surface area contributed by atoms with E-state index in [9.17, 15) is 23.0 Å². The number of β-amino-alcohol motifs (C(OH)–C–C–N with tert-alkyl or cyclic N) is 1. The molecular formula is C21H16FN3O5S. The molecule has 8 nitrogen and oxygen atoms in total.